The minimum Gasteiger partial charge on any atom is -0.399 e. The number of hydrogen-bond donors (Lipinski definition) is 2. The SMILES string of the molecule is Nc1ccc2c(c1)CCNC21CCC1. The van der Waals surface area contributed by atoms with Crippen LogP contribution >= 0.6 is 0 Å². The minimum atomic E-state index is 0.321. The number of rotatable bonds is 0. The van der Waals surface area contributed by atoms with Crippen LogP contribution in [0.25, 0.3) is 0 Å². The number of nitrogens with two attached hydrogens (primary N) is 1. The van der Waals surface area contributed by atoms with Crippen molar-refractivity contribution in [1.82, 2.24) is 5.32 Å². The normalized spacial score (nSPS) is 22.9. The second-order valence-electron chi connectivity index (χ2n) is 4.53. The largest absolute Gasteiger partial charge is 0.399 e. The lowest BCUT2D eigenvalue weighted by Crippen LogP contribution is -2.51. The van der Waals surface area contributed by atoms with Gasteiger partial charge in [0.2, 0.25) is 0 Å². The Balaban J connectivity index is 2.10. The van der Waals surface area contributed by atoms with E-state index in [2.05, 4.69) is 17.4 Å². The van der Waals surface area contributed by atoms with Gasteiger partial charge in [-0.25, -0.2) is 0 Å². The number of anilines is 1. The zero-order chi connectivity index (χ0) is 9.60. The average Bonchev–Trinajstić information content (AvgIpc) is 2.13. The van der Waals surface area contributed by atoms with Gasteiger partial charge in [0, 0.05) is 17.8 Å². The third kappa shape index (κ3) is 1.01. The molecule has 1 spiro atoms. The molecule has 0 atom stereocenters. The Morgan fingerprint density at radius 3 is 2.86 bits per heavy atom. The van der Waals surface area contributed by atoms with Crippen LogP contribution in [-0.2, 0) is 12.0 Å². The van der Waals surface area contributed by atoms with Gasteiger partial charge in [-0.05, 0) is 48.9 Å². The first kappa shape index (κ1) is 8.30. The molecule has 74 valence electrons. The average molecular weight is 188 g/mol. The summed E-state index contributed by atoms with van der Waals surface area (Å²) in [4.78, 5) is 0. The molecular weight excluding hydrogens is 172 g/mol. The molecule has 0 aromatic heterocycles. The highest BCUT2D eigenvalue weighted by molar-refractivity contribution is 5.49. The highest BCUT2D eigenvalue weighted by Gasteiger charge is 2.41. The van der Waals surface area contributed by atoms with Gasteiger partial charge in [-0.2, -0.15) is 0 Å². The molecule has 0 bridgehead atoms. The van der Waals surface area contributed by atoms with Gasteiger partial charge in [0.05, 0.1) is 0 Å². The van der Waals surface area contributed by atoms with Crippen molar-refractivity contribution in [3.63, 3.8) is 0 Å². The molecule has 1 fully saturated rings. The fourth-order valence-electron chi connectivity index (χ4n) is 2.80. The summed E-state index contributed by atoms with van der Waals surface area (Å²) < 4.78 is 0. The summed E-state index contributed by atoms with van der Waals surface area (Å²) in [5.74, 6) is 0. The van der Waals surface area contributed by atoms with Crippen molar-refractivity contribution in [2.45, 2.75) is 31.2 Å². The van der Waals surface area contributed by atoms with Crippen molar-refractivity contribution < 1.29 is 0 Å². The Bertz CT molecular complexity index is 367. The molecule has 0 unspecified atom stereocenters. The van der Waals surface area contributed by atoms with E-state index in [4.69, 9.17) is 5.73 Å². The van der Waals surface area contributed by atoms with Crippen molar-refractivity contribution in [1.29, 1.82) is 0 Å². The van der Waals surface area contributed by atoms with Crippen LogP contribution in [-0.4, -0.2) is 6.54 Å². The Hall–Kier alpha value is -1.02. The zero-order valence-corrected chi connectivity index (χ0v) is 8.34. The molecule has 3 N–H and O–H groups in total. The van der Waals surface area contributed by atoms with Gasteiger partial charge in [0.1, 0.15) is 0 Å². The van der Waals surface area contributed by atoms with Crippen molar-refractivity contribution in [3.8, 4) is 0 Å². The Labute approximate surface area is 84.5 Å². The van der Waals surface area contributed by atoms with Crippen LogP contribution in [0.3, 0.4) is 0 Å². The number of hydrogen-bond acceptors (Lipinski definition) is 2. The van der Waals surface area contributed by atoms with Gasteiger partial charge in [-0.3, -0.25) is 0 Å². The van der Waals surface area contributed by atoms with Crippen LogP contribution in [0.4, 0.5) is 5.69 Å². The van der Waals surface area contributed by atoms with E-state index in [0.717, 1.165) is 18.7 Å². The van der Waals surface area contributed by atoms with Gasteiger partial charge in [-0.15, -0.1) is 0 Å². The van der Waals surface area contributed by atoms with E-state index in [1.807, 2.05) is 6.07 Å². The van der Waals surface area contributed by atoms with Crippen molar-refractivity contribution in [2.24, 2.45) is 0 Å². The third-order valence-corrected chi connectivity index (χ3v) is 3.71. The van der Waals surface area contributed by atoms with E-state index in [0.29, 0.717) is 5.54 Å². The maximum absolute atomic E-state index is 5.81. The van der Waals surface area contributed by atoms with Gasteiger partial charge in [0.25, 0.3) is 0 Å². The number of nitrogen functional groups attached to an aromatic ring is 1. The Kier molecular flexibility index (Phi) is 1.62. The van der Waals surface area contributed by atoms with Gasteiger partial charge in [-0.1, -0.05) is 6.07 Å². The monoisotopic (exact) mass is 188 g/mol. The first-order chi connectivity index (χ1) is 6.80. The standard InChI is InChI=1S/C12H16N2/c13-10-2-3-11-9(8-10)4-7-14-12(11)5-1-6-12/h2-3,8,14H,1,4-7,13H2. The van der Waals surface area contributed by atoms with Gasteiger partial charge >= 0.3 is 0 Å². The highest BCUT2D eigenvalue weighted by Crippen LogP contribution is 2.44. The summed E-state index contributed by atoms with van der Waals surface area (Å²) in [5.41, 5.74) is 10.00. The van der Waals surface area contributed by atoms with Crippen LogP contribution in [0.2, 0.25) is 0 Å². The summed E-state index contributed by atoms with van der Waals surface area (Å²) in [6, 6.07) is 6.40. The summed E-state index contributed by atoms with van der Waals surface area (Å²) in [6.45, 7) is 1.11. The topological polar surface area (TPSA) is 38.0 Å². The second-order valence-corrected chi connectivity index (χ2v) is 4.53. The molecule has 0 radical (unpaired) electrons. The summed E-state index contributed by atoms with van der Waals surface area (Å²) >= 11 is 0. The molecule has 1 aromatic rings. The number of fused-ring (bicyclic) bond motifs is 2. The molecular formula is C12H16N2. The first-order valence-electron chi connectivity index (χ1n) is 5.44. The molecule has 3 rings (SSSR count). The van der Waals surface area contributed by atoms with E-state index in [9.17, 15) is 0 Å². The third-order valence-electron chi connectivity index (χ3n) is 3.71. The summed E-state index contributed by atoms with van der Waals surface area (Å²) in [6.07, 6.45) is 5.08. The predicted octanol–water partition coefficient (Wildman–Crippen LogP) is 1.79. The zero-order valence-electron chi connectivity index (χ0n) is 8.34. The highest BCUT2D eigenvalue weighted by atomic mass is 15.0. The predicted molar refractivity (Wildman–Crippen MR) is 58.1 cm³/mol. The van der Waals surface area contributed by atoms with Crippen LogP contribution in [0.15, 0.2) is 18.2 Å². The minimum absolute atomic E-state index is 0.321. The van der Waals surface area contributed by atoms with E-state index >= 15 is 0 Å². The molecule has 14 heavy (non-hydrogen) atoms. The fourth-order valence-corrected chi connectivity index (χ4v) is 2.80. The lowest BCUT2D eigenvalue weighted by atomic mass is 9.68. The molecule has 2 aliphatic rings. The summed E-state index contributed by atoms with van der Waals surface area (Å²) in [7, 11) is 0. The van der Waals surface area contributed by atoms with E-state index in [1.165, 1.54) is 30.4 Å². The van der Waals surface area contributed by atoms with Gasteiger partial charge < -0.3 is 11.1 Å². The maximum atomic E-state index is 5.81. The molecule has 1 saturated carbocycles. The quantitative estimate of drug-likeness (QED) is 0.609. The smallest absolute Gasteiger partial charge is 0.0437 e. The first-order valence-corrected chi connectivity index (χ1v) is 5.44. The molecule has 0 amide bonds. The lowest BCUT2D eigenvalue weighted by Gasteiger charge is -2.47. The van der Waals surface area contributed by atoms with E-state index < -0.39 is 0 Å². The van der Waals surface area contributed by atoms with E-state index in [1.54, 1.807) is 0 Å². The van der Waals surface area contributed by atoms with Crippen LogP contribution in [0.1, 0.15) is 30.4 Å². The van der Waals surface area contributed by atoms with Crippen LogP contribution in [0, 0.1) is 0 Å². The van der Waals surface area contributed by atoms with Crippen LogP contribution in [0.5, 0.6) is 0 Å². The maximum Gasteiger partial charge on any atom is 0.0437 e. The fraction of sp³-hybridized carbons (Fsp3) is 0.500. The molecule has 1 aromatic carbocycles. The Morgan fingerprint density at radius 2 is 2.14 bits per heavy atom. The number of nitrogens with one attached hydrogen (secondary N) is 1. The molecule has 0 saturated heterocycles. The molecule has 1 heterocycles. The Morgan fingerprint density at radius 1 is 1.29 bits per heavy atom. The lowest BCUT2D eigenvalue weighted by molar-refractivity contribution is 0.176. The molecule has 1 aliphatic heterocycles. The van der Waals surface area contributed by atoms with Gasteiger partial charge in [0.15, 0.2) is 0 Å². The van der Waals surface area contributed by atoms with Crippen molar-refractivity contribution in [2.75, 3.05) is 12.3 Å². The van der Waals surface area contributed by atoms with Crippen molar-refractivity contribution in [3.05, 3.63) is 29.3 Å². The second kappa shape index (κ2) is 2.74. The number of benzene rings is 1. The molecule has 2 nitrogen and oxygen atoms in total. The molecule has 2 heteroatoms. The van der Waals surface area contributed by atoms with E-state index in [-0.39, 0.29) is 0 Å². The molecule has 1 aliphatic carbocycles. The summed E-state index contributed by atoms with van der Waals surface area (Å²) in [5, 5.41) is 3.67. The van der Waals surface area contributed by atoms with Crippen molar-refractivity contribution >= 4 is 5.69 Å². The van der Waals surface area contributed by atoms with Crippen LogP contribution < -0.4 is 11.1 Å².